The summed E-state index contributed by atoms with van der Waals surface area (Å²) in [5.41, 5.74) is 0.787. The number of pyridine rings is 1. The number of aromatic nitrogens is 1. The fourth-order valence-electron chi connectivity index (χ4n) is 2.14. The van der Waals surface area contributed by atoms with E-state index in [0.717, 1.165) is 31.1 Å². The zero-order valence-electron chi connectivity index (χ0n) is 12.4. The minimum Gasteiger partial charge on any atom is -0.481 e. The average molecular weight is 338 g/mol. The van der Waals surface area contributed by atoms with E-state index in [9.17, 15) is 9.59 Å². The lowest BCUT2D eigenvalue weighted by molar-refractivity contribution is -0.137. The normalized spacial score (nSPS) is 16.1. The van der Waals surface area contributed by atoms with E-state index in [4.69, 9.17) is 10.2 Å². The van der Waals surface area contributed by atoms with Crippen LogP contribution in [0.4, 0.5) is 0 Å². The summed E-state index contributed by atoms with van der Waals surface area (Å²) in [5, 5.41) is 20.0. The molecule has 3 N–H and O–H groups in total. The lowest BCUT2D eigenvalue weighted by atomic mass is 9.95. The fourth-order valence-corrected chi connectivity index (χ4v) is 2.14. The predicted octanol–water partition coefficient (Wildman–Crippen LogP) is 3.30. The maximum absolute atomic E-state index is 10.2. The van der Waals surface area contributed by atoms with Gasteiger partial charge in [0.25, 0.3) is 0 Å². The molecule has 1 fully saturated rings. The van der Waals surface area contributed by atoms with Crippen LogP contribution in [-0.2, 0) is 9.59 Å². The standard InChI is InChI=1S/C8H15NO2.C8H7NO2.2CH4/c2*10-8(11)4-3-7-2-1-5-9-6-7;;/h7,9H,1-6H2,(H,10,11);1-6H,(H,10,11);2*1H4/b;4-3+;;. The van der Waals surface area contributed by atoms with Gasteiger partial charge in [0.05, 0.1) is 0 Å². The van der Waals surface area contributed by atoms with Gasteiger partial charge in [-0.2, -0.15) is 0 Å². The van der Waals surface area contributed by atoms with Crippen molar-refractivity contribution in [3.05, 3.63) is 36.2 Å². The van der Waals surface area contributed by atoms with Gasteiger partial charge in [-0.05, 0) is 56.0 Å². The molecule has 0 radical (unpaired) electrons. The maximum atomic E-state index is 10.2. The molecule has 0 amide bonds. The SMILES string of the molecule is C.C.O=C(O)/C=C/c1cccnc1.O=C(O)CCC1CCCNC1. The topological polar surface area (TPSA) is 99.5 Å². The first kappa shape index (κ1) is 24.0. The summed E-state index contributed by atoms with van der Waals surface area (Å²) in [5.74, 6) is -1.02. The third-order valence-corrected chi connectivity index (χ3v) is 3.27. The molecule has 1 aliphatic heterocycles. The Morgan fingerprint density at radius 1 is 1.33 bits per heavy atom. The zero-order chi connectivity index (χ0) is 16.2. The highest BCUT2D eigenvalue weighted by Crippen LogP contribution is 2.15. The summed E-state index contributed by atoms with van der Waals surface area (Å²) in [6, 6.07) is 3.54. The number of carbonyl (C=O) groups is 2. The summed E-state index contributed by atoms with van der Waals surface area (Å²) in [6.07, 6.45) is 9.36. The number of carboxylic acids is 2. The number of nitrogens with zero attached hydrogens (tertiary/aromatic N) is 1. The molecule has 1 unspecified atom stereocenters. The van der Waals surface area contributed by atoms with Gasteiger partial charge in [-0.3, -0.25) is 9.78 Å². The van der Waals surface area contributed by atoms with Crippen LogP contribution in [0.2, 0.25) is 0 Å². The van der Waals surface area contributed by atoms with Gasteiger partial charge in [0, 0.05) is 24.9 Å². The number of hydrogen-bond donors (Lipinski definition) is 3. The van der Waals surface area contributed by atoms with E-state index < -0.39 is 11.9 Å². The van der Waals surface area contributed by atoms with Crippen LogP contribution in [0.1, 0.15) is 46.1 Å². The average Bonchev–Trinajstić information content (AvgIpc) is 2.53. The highest BCUT2D eigenvalue weighted by Gasteiger charge is 2.13. The van der Waals surface area contributed by atoms with Crippen LogP contribution in [-0.4, -0.2) is 40.2 Å². The van der Waals surface area contributed by atoms with Crippen LogP contribution in [0.25, 0.3) is 6.08 Å². The summed E-state index contributed by atoms with van der Waals surface area (Å²) in [6.45, 7) is 2.11. The van der Waals surface area contributed by atoms with Gasteiger partial charge in [0.15, 0.2) is 0 Å². The largest absolute Gasteiger partial charge is 0.481 e. The van der Waals surface area contributed by atoms with Crippen molar-refractivity contribution in [2.75, 3.05) is 13.1 Å². The molecule has 1 atom stereocenters. The number of nitrogens with one attached hydrogen (secondary N) is 1. The fraction of sp³-hybridized carbons (Fsp3) is 0.500. The van der Waals surface area contributed by atoms with Gasteiger partial charge in [0.2, 0.25) is 0 Å². The van der Waals surface area contributed by atoms with Crippen LogP contribution >= 0.6 is 0 Å². The third-order valence-electron chi connectivity index (χ3n) is 3.27. The van der Waals surface area contributed by atoms with E-state index in [2.05, 4.69) is 10.3 Å². The molecular weight excluding hydrogens is 308 g/mol. The van der Waals surface area contributed by atoms with E-state index in [1.165, 1.54) is 18.9 Å². The van der Waals surface area contributed by atoms with Crippen LogP contribution in [0.15, 0.2) is 30.6 Å². The summed E-state index contributed by atoms with van der Waals surface area (Å²) in [4.78, 5) is 24.1. The maximum Gasteiger partial charge on any atom is 0.328 e. The van der Waals surface area contributed by atoms with Gasteiger partial charge >= 0.3 is 11.9 Å². The van der Waals surface area contributed by atoms with E-state index in [1.54, 1.807) is 24.5 Å². The number of aliphatic carboxylic acids is 2. The minimum absolute atomic E-state index is 0. The molecule has 0 spiro atoms. The summed E-state index contributed by atoms with van der Waals surface area (Å²) < 4.78 is 0. The van der Waals surface area contributed by atoms with Crippen molar-refractivity contribution in [2.45, 2.75) is 40.5 Å². The molecule has 1 aliphatic rings. The Labute approximate surface area is 144 Å². The van der Waals surface area contributed by atoms with Crippen molar-refractivity contribution >= 4 is 18.0 Å². The molecular formula is C18H30N2O4. The van der Waals surface area contributed by atoms with Crippen LogP contribution in [0.3, 0.4) is 0 Å². The Morgan fingerprint density at radius 2 is 2.08 bits per heavy atom. The number of carboxylic acid groups (broad SMARTS) is 2. The highest BCUT2D eigenvalue weighted by molar-refractivity contribution is 5.85. The van der Waals surface area contributed by atoms with Crippen molar-refractivity contribution < 1.29 is 19.8 Å². The molecule has 2 rings (SSSR count). The first-order valence-electron chi connectivity index (χ1n) is 7.31. The van der Waals surface area contributed by atoms with Gasteiger partial charge < -0.3 is 15.5 Å². The lowest BCUT2D eigenvalue weighted by Crippen LogP contribution is -2.29. The molecule has 24 heavy (non-hydrogen) atoms. The highest BCUT2D eigenvalue weighted by atomic mass is 16.4. The third kappa shape index (κ3) is 12.3. The molecule has 136 valence electrons. The minimum atomic E-state index is -0.950. The molecule has 1 aromatic heterocycles. The summed E-state index contributed by atoms with van der Waals surface area (Å²) >= 11 is 0. The van der Waals surface area contributed by atoms with Crippen molar-refractivity contribution in [3.8, 4) is 0 Å². The quantitative estimate of drug-likeness (QED) is 0.712. The van der Waals surface area contributed by atoms with Crippen LogP contribution in [0.5, 0.6) is 0 Å². The second-order valence-corrected chi connectivity index (χ2v) is 5.10. The molecule has 6 heteroatoms. The van der Waals surface area contributed by atoms with Crippen molar-refractivity contribution in [2.24, 2.45) is 5.92 Å². The Kier molecular flexibility index (Phi) is 14.4. The Bertz CT molecular complexity index is 483. The molecule has 1 aromatic rings. The first-order valence-corrected chi connectivity index (χ1v) is 7.31. The Hall–Kier alpha value is -2.21. The monoisotopic (exact) mass is 338 g/mol. The smallest absolute Gasteiger partial charge is 0.328 e. The van der Waals surface area contributed by atoms with Gasteiger partial charge in [-0.15, -0.1) is 0 Å². The van der Waals surface area contributed by atoms with Crippen molar-refractivity contribution in [3.63, 3.8) is 0 Å². The Morgan fingerprint density at radius 3 is 2.58 bits per heavy atom. The van der Waals surface area contributed by atoms with Gasteiger partial charge in [0.1, 0.15) is 0 Å². The summed E-state index contributed by atoms with van der Waals surface area (Å²) in [7, 11) is 0. The lowest BCUT2D eigenvalue weighted by Gasteiger charge is -2.21. The second-order valence-electron chi connectivity index (χ2n) is 5.10. The zero-order valence-corrected chi connectivity index (χ0v) is 12.4. The van der Waals surface area contributed by atoms with Gasteiger partial charge in [-0.1, -0.05) is 20.9 Å². The second kappa shape index (κ2) is 14.4. The van der Waals surface area contributed by atoms with E-state index in [-0.39, 0.29) is 14.9 Å². The van der Waals surface area contributed by atoms with E-state index in [1.807, 2.05) is 0 Å². The molecule has 0 aliphatic carbocycles. The molecule has 2 heterocycles. The van der Waals surface area contributed by atoms with Crippen LogP contribution < -0.4 is 5.32 Å². The van der Waals surface area contributed by atoms with E-state index in [0.29, 0.717) is 12.3 Å². The Balaban J connectivity index is 0. The molecule has 1 saturated heterocycles. The molecule has 0 saturated carbocycles. The number of rotatable bonds is 5. The van der Waals surface area contributed by atoms with E-state index >= 15 is 0 Å². The predicted molar refractivity (Wildman–Crippen MR) is 96.8 cm³/mol. The number of hydrogen-bond acceptors (Lipinski definition) is 4. The molecule has 0 aromatic carbocycles. The molecule has 6 nitrogen and oxygen atoms in total. The van der Waals surface area contributed by atoms with Crippen molar-refractivity contribution in [1.29, 1.82) is 0 Å². The van der Waals surface area contributed by atoms with Crippen molar-refractivity contribution in [1.82, 2.24) is 10.3 Å². The number of piperidine rings is 1. The van der Waals surface area contributed by atoms with Gasteiger partial charge in [-0.25, -0.2) is 4.79 Å². The first-order chi connectivity index (χ1) is 10.6. The molecule has 0 bridgehead atoms. The van der Waals surface area contributed by atoms with Crippen LogP contribution in [0, 0.1) is 5.92 Å².